The highest BCUT2D eigenvalue weighted by Gasteiger charge is 2.17. The van der Waals surface area contributed by atoms with Crippen molar-refractivity contribution in [2.24, 2.45) is 0 Å². The van der Waals surface area contributed by atoms with Gasteiger partial charge in [-0.3, -0.25) is 19.9 Å². The van der Waals surface area contributed by atoms with E-state index in [2.05, 4.69) is 4.98 Å². The fourth-order valence-corrected chi connectivity index (χ4v) is 1.88. The van der Waals surface area contributed by atoms with E-state index in [1.165, 1.54) is 23.1 Å². The molecule has 1 amide bonds. The first-order valence-corrected chi connectivity index (χ1v) is 6.18. The largest absolute Gasteiger partial charge is 0.393 e. The highest BCUT2D eigenvalue weighted by Crippen LogP contribution is 2.22. The molecule has 0 saturated carbocycles. The average Bonchev–Trinajstić information content (AvgIpc) is 2.47. The molecule has 0 saturated heterocycles. The zero-order valence-corrected chi connectivity index (χ0v) is 11.4. The van der Waals surface area contributed by atoms with Crippen LogP contribution < -0.4 is 5.73 Å². The van der Waals surface area contributed by atoms with Crippen LogP contribution in [0.3, 0.4) is 0 Å². The quantitative estimate of drug-likeness (QED) is 0.525. The summed E-state index contributed by atoms with van der Waals surface area (Å²) in [4.78, 5) is 28.0. The Balaban J connectivity index is 2.16. The van der Waals surface area contributed by atoms with Crippen LogP contribution in [-0.2, 0) is 6.54 Å². The maximum absolute atomic E-state index is 12.3. The predicted molar refractivity (Wildman–Crippen MR) is 77.5 cm³/mol. The van der Waals surface area contributed by atoms with Gasteiger partial charge in [0.15, 0.2) is 0 Å². The minimum Gasteiger partial charge on any atom is -0.393 e. The van der Waals surface area contributed by atoms with E-state index in [-0.39, 0.29) is 17.3 Å². The number of carbonyl (C=O) groups excluding carboxylic acids is 1. The number of rotatable bonds is 4. The number of nitrogens with zero attached hydrogens (tertiary/aromatic N) is 3. The number of hydrogen-bond donors (Lipinski definition) is 1. The Morgan fingerprint density at radius 3 is 2.71 bits per heavy atom. The number of aromatic nitrogens is 1. The minimum absolute atomic E-state index is 0.0305. The molecule has 7 heteroatoms. The molecule has 0 radical (unpaired) electrons. The lowest BCUT2D eigenvalue weighted by atomic mass is 10.1. The molecular formula is C14H14N4O3. The number of nitrogens with two attached hydrogens (primary N) is 1. The number of nitrogen functional groups attached to an aromatic ring is 1. The first-order valence-electron chi connectivity index (χ1n) is 6.18. The van der Waals surface area contributed by atoms with Crippen LogP contribution in [0.1, 0.15) is 16.1 Å². The third-order valence-electron chi connectivity index (χ3n) is 2.94. The molecule has 1 aromatic carbocycles. The van der Waals surface area contributed by atoms with Crippen molar-refractivity contribution in [2.45, 2.75) is 6.54 Å². The summed E-state index contributed by atoms with van der Waals surface area (Å²) in [6.07, 6.45) is 1.65. The van der Waals surface area contributed by atoms with E-state index in [1.54, 1.807) is 19.3 Å². The monoisotopic (exact) mass is 286 g/mol. The molecule has 0 aliphatic rings. The summed E-state index contributed by atoms with van der Waals surface area (Å²) in [7, 11) is 1.63. The summed E-state index contributed by atoms with van der Waals surface area (Å²) in [5.74, 6) is -0.276. The van der Waals surface area contributed by atoms with Crippen LogP contribution in [0.25, 0.3) is 0 Å². The number of amides is 1. The van der Waals surface area contributed by atoms with Crippen molar-refractivity contribution in [2.75, 3.05) is 12.8 Å². The van der Waals surface area contributed by atoms with Crippen LogP contribution in [0.4, 0.5) is 11.4 Å². The lowest BCUT2D eigenvalue weighted by Gasteiger charge is -2.16. The van der Waals surface area contributed by atoms with Gasteiger partial charge in [0.1, 0.15) is 5.69 Å². The van der Waals surface area contributed by atoms with Gasteiger partial charge in [0, 0.05) is 24.9 Å². The molecule has 108 valence electrons. The molecule has 2 aromatic rings. The van der Waals surface area contributed by atoms with Crippen molar-refractivity contribution in [1.82, 2.24) is 9.88 Å². The van der Waals surface area contributed by atoms with Gasteiger partial charge in [0.2, 0.25) is 0 Å². The topological polar surface area (TPSA) is 102 Å². The zero-order chi connectivity index (χ0) is 15.4. The lowest BCUT2D eigenvalue weighted by molar-refractivity contribution is -0.383. The SMILES string of the molecule is CN(Cc1ccccn1)C(=O)c1ccc([N+](=O)[O-])c(N)c1. The second kappa shape index (κ2) is 6.00. The maximum atomic E-state index is 12.3. The fourth-order valence-electron chi connectivity index (χ4n) is 1.88. The van der Waals surface area contributed by atoms with Gasteiger partial charge in [0.25, 0.3) is 11.6 Å². The number of carbonyl (C=O) groups is 1. The smallest absolute Gasteiger partial charge is 0.292 e. The third-order valence-corrected chi connectivity index (χ3v) is 2.94. The Hall–Kier alpha value is -2.96. The first kappa shape index (κ1) is 14.4. The summed E-state index contributed by atoms with van der Waals surface area (Å²) >= 11 is 0. The van der Waals surface area contributed by atoms with Crippen molar-refractivity contribution >= 4 is 17.3 Å². The fraction of sp³-hybridized carbons (Fsp3) is 0.143. The third kappa shape index (κ3) is 3.33. The summed E-state index contributed by atoms with van der Waals surface area (Å²) in [6.45, 7) is 0.344. The van der Waals surface area contributed by atoms with E-state index in [0.29, 0.717) is 12.1 Å². The number of pyridine rings is 1. The van der Waals surface area contributed by atoms with Crippen LogP contribution in [0.2, 0.25) is 0 Å². The molecule has 7 nitrogen and oxygen atoms in total. The Labute approximate surface area is 121 Å². The molecule has 2 rings (SSSR count). The molecule has 0 aliphatic heterocycles. The average molecular weight is 286 g/mol. The van der Waals surface area contributed by atoms with E-state index in [4.69, 9.17) is 5.73 Å². The molecule has 0 fully saturated rings. The standard InChI is InChI=1S/C14H14N4O3/c1-17(9-11-4-2-3-7-16-11)14(19)10-5-6-13(18(20)21)12(15)8-10/h2-8H,9,15H2,1H3. The number of hydrogen-bond acceptors (Lipinski definition) is 5. The van der Waals surface area contributed by atoms with Crippen LogP contribution in [0, 0.1) is 10.1 Å². The van der Waals surface area contributed by atoms with Gasteiger partial charge in [-0.05, 0) is 24.3 Å². The van der Waals surface area contributed by atoms with Gasteiger partial charge in [0.05, 0.1) is 17.2 Å². The van der Waals surface area contributed by atoms with E-state index >= 15 is 0 Å². The highest BCUT2D eigenvalue weighted by atomic mass is 16.6. The minimum atomic E-state index is -0.582. The van der Waals surface area contributed by atoms with Gasteiger partial charge < -0.3 is 10.6 Å². The van der Waals surface area contributed by atoms with Gasteiger partial charge in [-0.2, -0.15) is 0 Å². The Morgan fingerprint density at radius 1 is 1.38 bits per heavy atom. The van der Waals surface area contributed by atoms with Crippen molar-refractivity contribution < 1.29 is 9.72 Å². The molecule has 0 aliphatic carbocycles. The summed E-state index contributed by atoms with van der Waals surface area (Å²) in [5, 5.41) is 10.7. The van der Waals surface area contributed by atoms with E-state index in [1.807, 2.05) is 12.1 Å². The van der Waals surface area contributed by atoms with Crippen LogP contribution in [-0.4, -0.2) is 27.8 Å². The van der Waals surface area contributed by atoms with Crippen LogP contribution in [0.5, 0.6) is 0 Å². The summed E-state index contributed by atoms with van der Waals surface area (Å²) < 4.78 is 0. The zero-order valence-electron chi connectivity index (χ0n) is 11.4. The summed E-state index contributed by atoms with van der Waals surface area (Å²) in [5.41, 5.74) is 6.40. The van der Waals surface area contributed by atoms with Crippen molar-refractivity contribution in [3.63, 3.8) is 0 Å². The normalized spacial score (nSPS) is 10.1. The van der Waals surface area contributed by atoms with Crippen molar-refractivity contribution in [3.05, 3.63) is 64.0 Å². The lowest BCUT2D eigenvalue weighted by Crippen LogP contribution is -2.26. The Kier molecular flexibility index (Phi) is 4.13. The van der Waals surface area contributed by atoms with Crippen LogP contribution >= 0.6 is 0 Å². The van der Waals surface area contributed by atoms with Gasteiger partial charge >= 0.3 is 0 Å². The molecule has 0 atom stereocenters. The number of anilines is 1. The molecule has 0 spiro atoms. The van der Waals surface area contributed by atoms with Gasteiger partial charge in [-0.25, -0.2) is 0 Å². The molecule has 0 bridgehead atoms. The van der Waals surface area contributed by atoms with Crippen molar-refractivity contribution in [1.29, 1.82) is 0 Å². The molecule has 21 heavy (non-hydrogen) atoms. The first-order chi connectivity index (χ1) is 9.99. The molecule has 0 unspecified atom stereocenters. The van der Waals surface area contributed by atoms with Gasteiger partial charge in [-0.15, -0.1) is 0 Å². The Morgan fingerprint density at radius 2 is 2.14 bits per heavy atom. The number of nitro groups is 1. The highest BCUT2D eigenvalue weighted by molar-refractivity contribution is 5.95. The summed E-state index contributed by atoms with van der Waals surface area (Å²) in [6, 6.07) is 9.39. The predicted octanol–water partition coefficient (Wildman–Crippen LogP) is 1.84. The molecule has 1 heterocycles. The molecular weight excluding hydrogens is 272 g/mol. The van der Waals surface area contributed by atoms with Crippen molar-refractivity contribution in [3.8, 4) is 0 Å². The number of benzene rings is 1. The maximum Gasteiger partial charge on any atom is 0.292 e. The van der Waals surface area contributed by atoms with Crippen LogP contribution in [0.15, 0.2) is 42.6 Å². The number of nitro benzene ring substituents is 1. The molecule has 1 aromatic heterocycles. The van der Waals surface area contributed by atoms with Gasteiger partial charge in [-0.1, -0.05) is 6.07 Å². The van der Waals surface area contributed by atoms with E-state index < -0.39 is 4.92 Å². The Bertz CT molecular complexity index is 673. The second-order valence-electron chi connectivity index (χ2n) is 4.51. The molecule has 2 N–H and O–H groups in total. The second-order valence-corrected chi connectivity index (χ2v) is 4.51. The van der Waals surface area contributed by atoms with E-state index in [9.17, 15) is 14.9 Å². The van der Waals surface area contributed by atoms with E-state index in [0.717, 1.165) is 5.69 Å².